The molecule has 0 bridgehead atoms. The Balaban J connectivity index is 0.00000242. The summed E-state index contributed by atoms with van der Waals surface area (Å²) in [7, 11) is 2.09. The van der Waals surface area contributed by atoms with E-state index < -0.39 is 0 Å². The predicted molar refractivity (Wildman–Crippen MR) is 101 cm³/mol. The minimum Gasteiger partial charge on any atom is -0.381 e. The van der Waals surface area contributed by atoms with Gasteiger partial charge in [-0.2, -0.15) is 0 Å². The van der Waals surface area contributed by atoms with Crippen molar-refractivity contribution in [3.8, 4) is 0 Å². The van der Waals surface area contributed by atoms with Crippen molar-refractivity contribution >= 4 is 29.9 Å². The molecule has 1 aliphatic heterocycles. The molecule has 22 heavy (non-hydrogen) atoms. The SMILES string of the molecule is CCNC(=NCc1ncccc1C)N(C)CC1CCOC1.I. The van der Waals surface area contributed by atoms with Crippen LogP contribution in [0, 0.1) is 12.8 Å². The smallest absolute Gasteiger partial charge is 0.194 e. The molecule has 6 heteroatoms. The summed E-state index contributed by atoms with van der Waals surface area (Å²) in [6.07, 6.45) is 2.97. The van der Waals surface area contributed by atoms with Crippen molar-refractivity contribution in [2.24, 2.45) is 10.9 Å². The topological polar surface area (TPSA) is 49.8 Å². The lowest BCUT2D eigenvalue weighted by Crippen LogP contribution is -2.41. The van der Waals surface area contributed by atoms with Gasteiger partial charge in [-0.25, -0.2) is 4.99 Å². The number of aromatic nitrogens is 1. The average Bonchev–Trinajstić information content (AvgIpc) is 2.97. The van der Waals surface area contributed by atoms with Crippen molar-refractivity contribution in [1.29, 1.82) is 0 Å². The van der Waals surface area contributed by atoms with Crippen molar-refractivity contribution in [3.63, 3.8) is 0 Å². The Morgan fingerprint density at radius 1 is 1.55 bits per heavy atom. The molecule has 1 aliphatic rings. The van der Waals surface area contributed by atoms with Crippen molar-refractivity contribution < 1.29 is 4.74 Å². The molecule has 1 unspecified atom stereocenters. The molecular formula is C16H27IN4O. The average molecular weight is 418 g/mol. The maximum atomic E-state index is 5.45. The highest BCUT2D eigenvalue weighted by Crippen LogP contribution is 2.13. The van der Waals surface area contributed by atoms with Crippen LogP contribution in [0.2, 0.25) is 0 Å². The molecule has 0 radical (unpaired) electrons. The maximum Gasteiger partial charge on any atom is 0.194 e. The standard InChI is InChI=1S/C16H26N4O.HI/c1-4-17-16(20(3)11-14-7-9-21-12-14)19-10-15-13(2)6-5-8-18-15;/h5-6,8,14H,4,7,9-12H2,1-3H3,(H,17,19);1H. The second-order valence-electron chi connectivity index (χ2n) is 5.55. The Bertz CT molecular complexity index is 475. The first-order valence-electron chi connectivity index (χ1n) is 7.68. The fraction of sp³-hybridized carbons (Fsp3) is 0.625. The lowest BCUT2D eigenvalue weighted by Gasteiger charge is -2.24. The Morgan fingerprint density at radius 3 is 3.00 bits per heavy atom. The van der Waals surface area contributed by atoms with E-state index in [1.54, 1.807) is 0 Å². The van der Waals surface area contributed by atoms with Gasteiger partial charge in [0.2, 0.25) is 0 Å². The van der Waals surface area contributed by atoms with Crippen molar-refractivity contribution in [1.82, 2.24) is 15.2 Å². The second-order valence-corrected chi connectivity index (χ2v) is 5.55. The van der Waals surface area contributed by atoms with Gasteiger partial charge in [0.1, 0.15) is 0 Å². The summed E-state index contributed by atoms with van der Waals surface area (Å²) in [5.74, 6) is 1.55. The van der Waals surface area contributed by atoms with Crippen LogP contribution in [0.5, 0.6) is 0 Å². The number of aliphatic imine (C=N–C) groups is 1. The van der Waals surface area contributed by atoms with Gasteiger partial charge in [0, 0.05) is 38.9 Å². The zero-order valence-corrected chi connectivity index (χ0v) is 16.0. The first kappa shape index (κ1) is 19.2. The molecule has 1 fully saturated rings. The highest BCUT2D eigenvalue weighted by atomic mass is 127. The van der Waals surface area contributed by atoms with E-state index in [0.717, 1.165) is 44.4 Å². The number of pyridine rings is 1. The fourth-order valence-corrected chi connectivity index (χ4v) is 2.50. The van der Waals surface area contributed by atoms with E-state index in [-0.39, 0.29) is 24.0 Å². The van der Waals surface area contributed by atoms with Gasteiger partial charge >= 0.3 is 0 Å². The van der Waals surface area contributed by atoms with E-state index in [2.05, 4.69) is 42.2 Å². The normalized spacial score (nSPS) is 18.0. The van der Waals surface area contributed by atoms with Crippen LogP contribution in [0.4, 0.5) is 0 Å². The first-order valence-corrected chi connectivity index (χ1v) is 7.68. The number of nitrogens with one attached hydrogen (secondary N) is 1. The van der Waals surface area contributed by atoms with Gasteiger partial charge in [-0.1, -0.05) is 6.07 Å². The third-order valence-electron chi connectivity index (χ3n) is 3.75. The zero-order valence-electron chi connectivity index (χ0n) is 13.7. The molecule has 0 aliphatic carbocycles. The molecule has 1 atom stereocenters. The molecular weight excluding hydrogens is 391 g/mol. The van der Waals surface area contributed by atoms with Crippen LogP contribution in [0.15, 0.2) is 23.3 Å². The number of nitrogens with zero attached hydrogens (tertiary/aromatic N) is 3. The van der Waals surface area contributed by atoms with Crippen LogP contribution in [0.1, 0.15) is 24.6 Å². The highest BCUT2D eigenvalue weighted by Gasteiger charge is 2.19. The van der Waals surface area contributed by atoms with Crippen molar-refractivity contribution in [2.75, 3.05) is 33.4 Å². The van der Waals surface area contributed by atoms with Gasteiger partial charge in [-0.05, 0) is 31.9 Å². The van der Waals surface area contributed by atoms with E-state index >= 15 is 0 Å². The van der Waals surface area contributed by atoms with E-state index in [9.17, 15) is 0 Å². The predicted octanol–water partition coefficient (Wildman–Crippen LogP) is 2.44. The number of hydrogen-bond acceptors (Lipinski definition) is 3. The Labute approximate surface area is 150 Å². The number of guanidine groups is 1. The molecule has 0 saturated carbocycles. The van der Waals surface area contributed by atoms with E-state index in [1.807, 2.05) is 12.3 Å². The van der Waals surface area contributed by atoms with Crippen LogP contribution in [0.25, 0.3) is 0 Å². The van der Waals surface area contributed by atoms with Crippen LogP contribution in [-0.4, -0.2) is 49.2 Å². The van der Waals surface area contributed by atoms with Gasteiger partial charge in [-0.15, -0.1) is 24.0 Å². The summed E-state index contributed by atoms with van der Waals surface area (Å²) in [6, 6.07) is 4.03. The van der Waals surface area contributed by atoms with Gasteiger partial charge in [-0.3, -0.25) is 4.98 Å². The van der Waals surface area contributed by atoms with E-state index in [4.69, 9.17) is 9.73 Å². The molecule has 1 saturated heterocycles. The molecule has 2 rings (SSSR count). The lowest BCUT2D eigenvalue weighted by atomic mass is 10.1. The van der Waals surface area contributed by atoms with Gasteiger partial charge in [0.15, 0.2) is 5.96 Å². The van der Waals surface area contributed by atoms with Gasteiger partial charge in [0.25, 0.3) is 0 Å². The molecule has 0 aromatic carbocycles. The third kappa shape index (κ3) is 5.72. The summed E-state index contributed by atoms with van der Waals surface area (Å²) in [5.41, 5.74) is 2.22. The monoisotopic (exact) mass is 418 g/mol. The molecule has 2 heterocycles. The van der Waals surface area contributed by atoms with Crippen molar-refractivity contribution in [3.05, 3.63) is 29.6 Å². The zero-order chi connectivity index (χ0) is 15.1. The largest absolute Gasteiger partial charge is 0.381 e. The molecule has 124 valence electrons. The summed E-state index contributed by atoms with van der Waals surface area (Å²) in [4.78, 5) is 11.3. The van der Waals surface area contributed by atoms with Gasteiger partial charge in [0.05, 0.1) is 18.8 Å². The summed E-state index contributed by atoms with van der Waals surface area (Å²) in [6.45, 7) is 8.37. The number of aryl methyl sites for hydroxylation is 1. The number of hydrogen-bond donors (Lipinski definition) is 1. The molecule has 5 nitrogen and oxygen atoms in total. The number of ether oxygens (including phenoxy) is 1. The van der Waals surface area contributed by atoms with Gasteiger partial charge < -0.3 is 15.0 Å². The highest BCUT2D eigenvalue weighted by molar-refractivity contribution is 14.0. The van der Waals surface area contributed by atoms with Crippen LogP contribution in [-0.2, 0) is 11.3 Å². The molecule has 1 aromatic rings. The Morgan fingerprint density at radius 2 is 2.36 bits per heavy atom. The van der Waals surface area contributed by atoms with Crippen molar-refractivity contribution in [2.45, 2.75) is 26.8 Å². The fourth-order valence-electron chi connectivity index (χ4n) is 2.50. The van der Waals surface area contributed by atoms with Crippen LogP contribution < -0.4 is 5.32 Å². The van der Waals surface area contributed by atoms with Crippen LogP contribution >= 0.6 is 24.0 Å². The minimum atomic E-state index is 0. The lowest BCUT2D eigenvalue weighted by molar-refractivity contribution is 0.181. The second kappa shape index (κ2) is 9.99. The third-order valence-corrected chi connectivity index (χ3v) is 3.75. The van der Waals surface area contributed by atoms with E-state index in [1.165, 1.54) is 5.56 Å². The minimum absolute atomic E-state index is 0. The molecule has 1 aromatic heterocycles. The molecule has 0 amide bonds. The summed E-state index contributed by atoms with van der Waals surface area (Å²) < 4.78 is 5.45. The molecule has 0 spiro atoms. The van der Waals surface area contributed by atoms with E-state index in [0.29, 0.717) is 12.5 Å². The summed E-state index contributed by atoms with van der Waals surface area (Å²) in [5, 5.41) is 3.35. The number of rotatable bonds is 5. The summed E-state index contributed by atoms with van der Waals surface area (Å²) >= 11 is 0. The maximum absolute atomic E-state index is 5.45. The number of halogens is 1. The first-order chi connectivity index (χ1) is 10.2. The molecule has 1 N–H and O–H groups in total. The Hall–Kier alpha value is -0.890. The quantitative estimate of drug-likeness (QED) is 0.454. The Kier molecular flexibility index (Phi) is 8.70. The van der Waals surface area contributed by atoms with Crippen LogP contribution in [0.3, 0.4) is 0 Å².